The van der Waals surface area contributed by atoms with Crippen LogP contribution in [0.2, 0.25) is 0 Å². The van der Waals surface area contributed by atoms with E-state index in [0.717, 1.165) is 18.9 Å². The highest BCUT2D eigenvalue weighted by atomic mass is 32.1. The number of rotatable bonds is 4. The molecule has 0 spiro atoms. The first-order chi connectivity index (χ1) is 5.70. The monoisotopic (exact) mass is 187 g/mol. The van der Waals surface area contributed by atoms with E-state index >= 15 is 0 Å². The van der Waals surface area contributed by atoms with Gasteiger partial charge in [0.15, 0.2) is 0 Å². The fourth-order valence-corrected chi connectivity index (χ4v) is 1.42. The van der Waals surface area contributed by atoms with E-state index in [1.807, 2.05) is 0 Å². The molecule has 0 aromatic rings. The molecule has 1 saturated carbocycles. The zero-order valence-electron chi connectivity index (χ0n) is 7.55. The summed E-state index contributed by atoms with van der Waals surface area (Å²) in [5, 5.41) is 2.69. The SMILES string of the molecule is CC(S)C(=O)NCCC1CCC1. The molecule has 1 amide bonds. The first-order valence-electron chi connectivity index (χ1n) is 4.66. The second-order valence-corrected chi connectivity index (χ2v) is 4.33. The van der Waals surface area contributed by atoms with Crippen LogP contribution in [0.3, 0.4) is 0 Å². The molecule has 0 saturated heterocycles. The van der Waals surface area contributed by atoms with Gasteiger partial charge in [-0.25, -0.2) is 0 Å². The molecular formula is C9H17NOS. The lowest BCUT2D eigenvalue weighted by Gasteiger charge is -2.25. The molecule has 2 nitrogen and oxygen atoms in total. The summed E-state index contributed by atoms with van der Waals surface area (Å²) in [6.07, 6.45) is 5.23. The second kappa shape index (κ2) is 4.75. The van der Waals surface area contributed by atoms with Gasteiger partial charge in [0.25, 0.3) is 0 Å². The molecule has 1 atom stereocenters. The van der Waals surface area contributed by atoms with Crippen LogP contribution in [-0.4, -0.2) is 17.7 Å². The number of hydrogen-bond acceptors (Lipinski definition) is 2. The number of amides is 1. The molecule has 1 rings (SSSR count). The quantitative estimate of drug-likeness (QED) is 0.643. The van der Waals surface area contributed by atoms with Crippen molar-refractivity contribution in [2.75, 3.05) is 6.54 Å². The third-order valence-corrected chi connectivity index (χ3v) is 2.69. The molecule has 0 bridgehead atoms. The van der Waals surface area contributed by atoms with E-state index in [0.29, 0.717) is 0 Å². The van der Waals surface area contributed by atoms with Crippen LogP contribution >= 0.6 is 12.6 Å². The molecule has 0 aromatic carbocycles. The summed E-state index contributed by atoms with van der Waals surface area (Å²) in [4.78, 5) is 11.0. The van der Waals surface area contributed by atoms with Crippen molar-refractivity contribution >= 4 is 18.5 Å². The molecule has 3 heteroatoms. The van der Waals surface area contributed by atoms with Crippen LogP contribution in [-0.2, 0) is 4.79 Å². The Morgan fingerprint density at radius 2 is 2.33 bits per heavy atom. The van der Waals surface area contributed by atoms with Crippen LogP contribution < -0.4 is 5.32 Å². The van der Waals surface area contributed by atoms with Crippen LogP contribution in [0.5, 0.6) is 0 Å². The Morgan fingerprint density at radius 1 is 1.67 bits per heavy atom. The Labute approximate surface area is 79.5 Å². The summed E-state index contributed by atoms with van der Waals surface area (Å²) in [7, 11) is 0. The molecular weight excluding hydrogens is 170 g/mol. The highest BCUT2D eigenvalue weighted by molar-refractivity contribution is 7.81. The normalized spacial score (nSPS) is 19.8. The van der Waals surface area contributed by atoms with Gasteiger partial charge >= 0.3 is 0 Å². The third kappa shape index (κ3) is 3.05. The summed E-state index contributed by atoms with van der Waals surface area (Å²) in [5.41, 5.74) is 0. The minimum atomic E-state index is -0.175. The van der Waals surface area contributed by atoms with Crippen molar-refractivity contribution < 1.29 is 4.79 Å². The summed E-state index contributed by atoms with van der Waals surface area (Å²) >= 11 is 4.04. The van der Waals surface area contributed by atoms with Gasteiger partial charge < -0.3 is 5.32 Å². The predicted octanol–water partition coefficient (Wildman–Crippen LogP) is 1.61. The third-order valence-electron chi connectivity index (χ3n) is 2.46. The Bertz CT molecular complexity index is 155. The van der Waals surface area contributed by atoms with E-state index in [4.69, 9.17) is 0 Å². The number of carbonyl (C=O) groups is 1. The number of hydrogen-bond donors (Lipinski definition) is 2. The van der Waals surface area contributed by atoms with Gasteiger partial charge in [-0.1, -0.05) is 19.3 Å². The Hall–Kier alpha value is -0.180. The predicted molar refractivity (Wildman–Crippen MR) is 53.4 cm³/mol. The van der Waals surface area contributed by atoms with Crippen molar-refractivity contribution in [3.63, 3.8) is 0 Å². The Kier molecular flexibility index (Phi) is 3.92. The van der Waals surface area contributed by atoms with Crippen LogP contribution in [0.15, 0.2) is 0 Å². The molecule has 1 aliphatic carbocycles. The Balaban J connectivity index is 1.97. The van der Waals surface area contributed by atoms with Gasteiger partial charge in [-0.05, 0) is 19.3 Å². The van der Waals surface area contributed by atoms with E-state index in [9.17, 15) is 4.79 Å². The summed E-state index contributed by atoms with van der Waals surface area (Å²) in [5.74, 6) is 0.929. The van der Waals surface area contributed by atoms with Gasteiger partial charge in [-0.15, -0.1) is 0 Å². The maximum Gasteiger partial charge on any atom is 0.232 e. The minimum Gasteiger partial charge on any atom is -0.355 e. The first-order valence-corrected chi connectivity index (χ1v) is 5.17. The number of thiol groups is 1. The van der Waals surface area contributed by atoms with Crippen molar-refractivity contribution in [2.24, 2.45) is 5.92 Å². The summed E-state index contributed by atoms with van der Waals surface area (Å²) < 4.78 is 0. The van der Waals surface area contributed by atoms with Crippen molar-refractivity contribution in [2.45, 2.75) is 37.9 Å². The molecule has 1 fully saturated rings. The van der Waals surface area contributed by atoms with Crippen molar-refractivity contribution in [3.8, 4) is 0 Å². The molecule has 0 aromatic heterocycles. The van der Waals surface area contributed by atoms with Crippen molar-refractivity contribution in [3.05, 3.63) is 0 Å². The van der Waals surface area contributed by atoms with Crippen LogP contribution in [0.4, 0.5) is 0 Å². The Morgan fingerprint density at radius 3 is 2.75 bits per heavy atom. The fourth-order valence-electron chi connectivity index (χ4n) is 1.33. The van der Waals surface area contributed by atoms with Gasteiger partial charge in [0, 0.05) is 6.54 Å². The lowest BCUT2D eigenvalue weighted by molar-refractivity contribution is -0.120. The molecule has 1 unspecified atom stereocenters. The topological polar surface area (TPSA) is 29.1 Å². The zero-order valence-corrected chi connectivity index (χ0v) is 8.44. The summed E-state index contributed by atoms with van der Waals surface area (Å²) in [6.45, 7) is 2.62. The van der Waals surface area contributed by atoms with Gasteiger partial charge in [-0.3, -0.25) is 4.79 Å². The fraction of sp³-hybridized carbons (Fsp3) is 0.889. The van der Waals surface area contributed by atoms with E-state index in [1.54, 1.807) is 6.92 Å². The van der Waals surface area contributed by atoms with E-state index in [1.165, 1.54) is 19.3 Å². The highest BCUT2D eigenvalue weighted by Crippen LogP contribution is 2.28. The van der Waals surface area contributed by atoms with Gasteiger partial charge in [-0.2, -0.15) is 12.6 Å². The second-order valence-electron chi connectivity index (χ2n) is 3.55. The van der Waals surface area contributed by atoms with Crippen molar-refractivity contribution in [1.82, 2.24) is 5.32 Å². The van der Waals surface area contributed by atoms with Crippen molar-refractivity contribution in [1.29, 1.82) is 0 Å². The lowest BCUT2D eigenvalue weighted by atomic mass is 9.83. The maximum atomic E-state index is 11.0. The van der Waals surface area contributed by atoms with E-state index in [-0.39, 0.29) is 11.2 Å². The van der Waals surface area contributed by atoms with Crippen LogP contribution in [0.25, 0.3) is 0 Å². The first kappa shape index (κ1) is 9.90. The number of carbonyl (C=O) groups excluding carboxylic acids is 1. The van der Waals surface area contributed by atoms with Gasteiger partial charge in [0.1, 0.15) is 0 Å². The van der Waals surface area contributed by atoms with Crippen LogP contribution in [0, 0.1) is 5.92 Å². The summed E-state index contributed by atoms with van der Waals surface area (Å²) in [6, 6.07) is 0. The van der Waals surface area contributed by atoms with E-state index < -0.39 is 0 Å². The molecule has 0 heterocycles. The highest BCUT2D eigenvalue weighted by Gasteiger charge is 2.17. The minimum absolute atomic E-state index is 0.0534. The molecule has 70 valence electrons. The zero-order chi connectivity index (χ0) is 8.97. The van der Waals surface area contributed by atoms with E-state index in [2.05, 4.69) is 17.9 Å². The largest absolute Gasteiger partial charge is 0.355 e. The number of nitrogens with one attached hydrogen (secondary N) is 1. The average Bonchev–Trinajstić information content (AvgIpc) is 1.93. The van der Waals surface area contributed by atoms with Gasteiger partial charge in [0.2, 0.25) is 5.91 Å². The smallest absolute Gasteiger partial charge is 0.232 e. The molecule has 0 radical (unpaired) electrons. The maximum absolute atomic E-state index is 11.0. The lowest BCUT2D eigenvalue weighted by Crippen LogP contribution is -2.32. The average molecular weight is 187 g/mol. The van der Waals surface area contributed by atoms with Gasteiger partial charge in [0.05, 0.1) is 5.25 Å². The standard InChI is InChI=1S/C9H17NOS/c1-7(12)9(11)10-6-5-8-3-2-4-8/h7-8,12H,2-6H2,1H3,(H,10,11). The molecule has 12 heavy (non-hydrogen) atoms. The molecule has 1 aliphatic rings. The van der Waals surface area contributed by atoms with Crippen LogP contribution in [0.1, 0.15) is 32.6 Å². The molecule has 1 N–H and O–H groups in total. The molecule has 0 aliphatic heterocycles.